The smallest absolute Gasteiger partial charge is 0.210 e. The molecule has 0 spiro atoms. The molecule has 11 atom stereocenters. The second-order valence-corrected chi connectivity index (χ2v) is 27.8. The average molecular weight is 1290 g/mol. The first-order valence-electron chi connectivity index (χ1n) is 30.3. The summed E-state index contributed by atoms with van der Waals surface area (Å²) in [5, 5.41) is 0. The minimum Gasteiger partial charge on any atom is -0.210 e. The van der Waals surface area contributed by atoms with E-state index in [-0.39, 0.29) is 31.6 Å². The van der Waals surface area contributed by atoms with E-state index in [2.05, 4.69) is 76.2 Å². The van der Waals surface area contributed by atoms with Crippen LogP contribution in [-0.4, -0.2) is 49.4 Å². The standard InChI is InChI=1S/C10H14F6.C8H13F3.C8H16.C7H16.C6H8F6.C6H11F3.2C6H12F2.C6H14/c1-4-5(2)8(10(14,15)16)6(3)7(4)9(11,12)13;1-5-3-6(2)7(4-5)8(9,10)11;1-6-4-5-7(2)8(6)3;1-5-6-7(2,3)4;1-3-4(2,5(7,8)9)6(10,11)12;1-4-5(2,3)6(7,8)9;1-4-6(7,8)5(2)3;1-3-4-5(2)6(7)8;1-5-6(2,3)4/h4-8H,1-3H3;5-7H,3-4H2,1-2H3;6-8H,4-5H2,1-3H3;5-6H2,1-4H3;3H2,1-2H3;4H2,1-3H3;5H,4H2,1-3H3;5-6H,3-4H2,1-2H3;5H2,1-4H3/t4-,5?,6?,7?,8?;5-,6?,7?;;;;;;;/m10......./s1. The maximum absolute atomic E-state index is 12.6. The van der Waals surface area contributed by atoms with Crippen LogP contribution in [0.5, 0.6) is 0 Å². The molecule has 0 heterocycles. The van der Waals surface area contributed by atoms with Crippen LogP contribution in [-0.2, 0) is 0 Å². The molecule has 0 aromatic rings. The summed E-state index contributed by atoms with van der Waals surface area (Å²) in [5.74, 6) is -8.48. The summed E-state index contributed by atoms with van der Waals surface area (Å²) in [4.78, 5) is 0. The van der Waals surface area contributed by atoms with Crippen molar-refractivity contribution in [1.82, 2.24) is 0 Å². The van der Waals surface area contributed by atoms with E-state index in [1.54, 1.807) is 13.8 Å². The molecule has 0 nitrogen and oxygen atoms in total. The van der Waals surface area contributed by atoms with Crippen molar-refractivity contribution in [3.63, 3.8) is 0 Å². The third-order valence-electron chi connectivity index (χ3n) is 17.4. The Bertz CT molecular complexity index is 1580. The summed E-state index contributed by atoms with van der Waals surface area (Å²) in [6.07, 6.45) is -21.3. The Balaban J connectivity index is -0.000000210. The van der Waals surface area contributed by atoms with Crippen molar-refractivity contribution < 1.29 is 96.6 Å². The lowest BCUT2D eigenvalue weighted by Crippen LogP contribution is -2.47. The van der Waals surface area contributed by atoms with Gasteiger partial charge in [-0.3, -0.25) is 0 Å². The van der Waals surface area contributed by atoms with Gasteiger partial charge in [0.05, 0.1) is 23.2 Å². The maximum Gasteiger partial charge on any atom is 0.402 e. The number of hydrogen-bond donors (Lipinski definition) is 0. The molecule has 0 radical (unpaired) electrons. The van der Waals surface area contributed by atoms with E-state index < -0.39 is 114 Å². The number of rotatable bonds is 8. The monoisotopic (exact) mass is 1290 g/mol. The van der Waals surface area contributed by atoms with Gasteiger partial charge in [-0.15, -0.1) is 0 Å². The number of halogens is 22. The largest absolute Gasteiger partial charge is 0.402 e. The Kier molecular flexibility index (Phi) is 43.4. The summed E-state index contributed by atoms with van der Waals surface area (Å²) in [7, 11) is 0. The highest BCUT2D eigenvalue weighted by Gasteiger charge is 2.66. The van der Waals surface area contributed by atoms with Crippen LogP contribution in [0, 0.1) is 98.6 Å². The highest BCUT2D eigenvalue weighted by atomic mass is 19.4. The number of hydrogen-bond acceptors (Lipinski definition) is 0. The highest BCUT2D eigenvalue weighted by molar-refractivity contribution is 4.97. The first-order chi connectivity index (χ1) is 37.3. The zero-order valence-corrected chi connectivity index (χ0v) is 56.4. The molecule has 3 saturated carbocycles. The lowest BCUT2D eigenvalue weighted by molar-refractivity contribution is -0.335. The van der Waals surface area contributed by atoms with Crippen LogP contribution in [0.15, 0.2) is 0 Å². The van der Waals surface area contributed by atoms with Crippen molar-refractivity contribution in [3.8, 4) is 0 Å². The zero-order valence-electron chi connectivity index (χ0n) is 56.4. The third-order valence-corrected chi connectivity index (χ3v) is 17.4. The van der Waals surface area contributed by atoms with E-state index in [0.29, 0.717) is 23.7 Å². The molecule has 0 aliphatic heterocycles. The molecule has 3 aliphatic rings. The summed E-state index contributed by atoms with van der Waals surface area (Å²) in [5.41, 5.74) is -4.01. The van der Waals surface area contributed by atoms with Gasteiger partial charge < -0.3 is 0 Å². The van der Waals surface area contributed by atoms with Crippen LogP contribution < -0.4 is 0 Å². The normalized spacial score (nSPS) is 25.4. The van der Waals surface area contributed by atoms with Gasteiger partial charge in [-0.05, 0) is 104 Å². The zero-order chi connectivity index (χ0) is 70.1. The molecule has 0 N–H and O–H groups in total. The van der Waals surface area contributed by atoms with Crippen LogP contribution in [0.2, 0.25) is 0 Å². The molecule has 3 rings (SSSR count). The minimum absolute atomic E-state index is 0.0509. The van der Waals surface area contributed by atoms with Gasteiger partial charge in [-0.25, -0.2) is 17.6 Å². The first-order valence-corrected chi connectivity index (χ1v) is 30.3. The van der Waals surface area contributed by atoms with Gasteiger partial charge in [0.1, 0.15) is 0 Å². The summed E-state index contributed by atoms with van der Waals surface area (Å²) >= 11 is 0. The number of alkyl halides is 22. The van der Waals surface area contributed by atoms with E-state index in [9.17, 15) is 96.6 Å². The van der Waals surface area contributed by atoms with Gasteiger partial charge in [0.2, 0.25) is 12.3 Å². The quantitative estimate of drug-likeness (QED) is 0.213. The van der Waals surface area contributed by atoms with Crippen molar-refractivity contribution >= 4 is 0 Å². The Labute approximate surface area is 500 Å². The molecule has 0 aromatic carbocycles. The van der Waals surface area contributed by atoms with Gasteiger partial charge in [0.25, 0.3) is 0 Å². The average Bonchev–Trinajstić information content (AvgIpc) is 3.90. The maximum atomic E-state index is 12.6. The Morgan fingerprint density at radius 1 is 0.388 bits per heavy atom. The topological polar surface area (TPSA) is 0 Å². The predicted octanol–water partition coefficient (Wildman–Crippen LogP) is 27.3. The van der Waals surface area contributed by atoms with Gasteiger partial charge in [0.15, 0.2) is 5.41 Å². The predicted molar refractivity (Wildman–Crippen MR) is 305 cm³/mol. The molecular weight excluding hydrogens is 1170 g/mol. The van der Waals surface area contributed by atoms with E-state index in [0.717, 1.165) is 44.4 Å². The second-order valence-electron chi connectivity index (χ2n) is 27.8. The Morgan fingerprint density at radius 2 is 0.741 bits per heavy atom. The Morgan fingerprint density at radius 3 is 0.812 bits per heavy atom. The molecule has 85 heavy (non-hydrogen) atoms. The van der Waals surface area contributed by atoms with E-state index in [1.807, 2.05) is 13.8 Å². The summed E-state index contributed by atoms with van der Waals surface area (Å²) < 4.78 is 267. The van der Waals surface area contributed by atoms with E-state index >= 15 is 0 Å². The lowest BCUT2D eigenvalue weighted by atomic mass is 9.86. The minimum atomic E-state index is -5.24. The van der Waals surface area contributed by atoms with E-state index in [4.69, 9.17) is 0 Å². The van der Waals surface area contributed by atoms with Crippen LogP contribution in [0.3, 0.4) is 0 Å². The molecule has 0 amide bonds. The fourth-order valence-corrected chi connectivity index (χ4v) is 9.16. The molecule has 9 unspecified atom stereocenters. The van der Waals surface area contributed by atoms with E-state index in [1.165, 1.54) is 87.5 Å². The fraction of sp³-hybridized carbons (Fsp3) is 1.00. The van der Waals surface area contributed by atoms with Crippen molar-refractivity contribution in [2.45, 2.75) is 306 Å². The SMILES string of the molecule is CC1C(C(F)(F)F)C(C)[C@@H](C)C1C(F)(F)F.CC1CCC(C)C1C.CC1C[C@H](C)CC1C(F)(F)F.CCC(C)(C(F)(F)F)C(F)(F)F.CCC(C)(C)C.CCC(C)(C)C(F)(F)F.CCC(F)(F)C(C)C.CCCC(C)(C)C.CCCC(C)C(F)F. The van der Waals surface area contributed by atoms with Gasteiger partial charge >= 0.3 is 37.1 Å². The van der Waals surface area contributed by atoms with Crippen molar-refractivity contribution in [2.75, 3.05) is 0 Å². The molecular formula is C63H116F22. The summed E-state index contributed by atoms with van der Waals surface area (Å²) in [6.45, 7) is 45.3. The van der Waals surface area contributed by atoms with Crippen molar-refractivity contribution in [3.05, 3.63) is 0 Å². The second kappa shape index (κ2) is 39.0. The van der Waals surface area contributed by atoms with Crippen LogP contribution in [0.1, 0.15) is 257 Å². The highest BCUT2D eigenvalue weighted by Crippen LogP contribution is 2.57. The summed E-state index contributed by atoms with van der Waals surface area (Å²) in [6, 6.07) is 0. The molecule has 522 valence electrons. The third kappa shape index (κ3) is 38.7. The van der Waals surface area contributed by atoms with Crippen LogP contribution >= 0.6 is 0 Å². The van der Waals surface area contributed by atoms with Gasteiger partial charge in [0, 0.05) is 18.3 Å². The molecule has 3 fully saturated rings. The molecule has 0 aromatic heterocycles. The molecule has 3 aliphatic carbocycles. The lowest BCUT2D eigenvalue weighted by Gasteiger charge is -2.32. The molecule has 0 bridgehead atoms. The van der Waals surface area contributed by atoms with Crippen LogP contribution in [0.4, 0.5) is 96.6 Å². The molecule has 0 saturated heterocycles. The van der Waals surface area contributed by atoms with Gasteiger partial charge in [-0.2, -0.15) is 79.0 Å². The fourth-order valence-electron chi connectivity index (χ4n) is 9.16. The van der Waals surface area contributed by atoms with Crippen LogP contribution in [0.25, 0.3) is 0 Å². The first kappa shape index (κ1) is 94.6. The van der Waals surface area contributed by atoms with Crippen molar-refractivity contribution in [2.24, 2.45) is 98.6 Å². The molecule has 22 heteroatoms. The van der Waals surface area contributed by atoms with Gasteiger partial charge in [-0.1, -0.05) is 205 Å². The Hall–Kier alpha value is -1.54. The van der Waals surface area contributed by atoms with Crippen molar-refractivity contribution in [1.29, 1.82) is 0 Å².